The van der Waals surface area contributed by atoms with E-state index >= 15 is 0 Å². The predicted molar refractivity (Wildman–Crippen MR) is 52.8 cm³/mol. The van der Waals surface area contributed by atoms with Gasteiger partial charge in [0.25, 0.3) is 0 Å². The monoisotopic (exact) mass is 226 g/mol. The van der Waals surface area contributed by atoms with Crippen LogP contribution in [-0.4, -0.2) is 6.54 Å². The molecule has 0 radical (unpaired) electrons. The average molecular weight is 227 g/mol. The van der Waals surface area contributed by atoms with Crippen molar-refractivity contribution in [3.05, 3.63) is 33.8 Å². The van der Waals surface area contributed by atoms with Crippen LogP contribution in [0.1, 0.15) is 17.2 Å². The molecule has 1 atom stereocenters. The summed E-state index contributed by atoms with van der Waals surface area (Å²) in [7, 11) is 0. The third kappa shape index (κ3) is 1.28. The number of benzene rings is 1. The molecule has 1 aromatic carbocycles. The van der Waals surface area contributed by atoms with E-state index in [-0.39, 0.29) is 6.04 Å². The Kier molecular flexibility index (Phi) is 2.17. The number of nitrogens with two attached hydrogens (primary N) is 1. The van der Waals surface area contributed by atoms with E-state index in [1.807, 2.05) is 6.07 Å². The quantitative estimate of drug-likeness (QED) is 0.705. The summed E-state index contributed by atoms with van der Waals surface area (Å²) < 4.78 is 1.16. The Bertz CT molecular complexity index is 299. The lowest BCUT2D eigenvalue weighted by Gasteiger charge is -2.23. The third-order valence-corrected chi connectivity index (χ3v) is 2.96. The first-order valence-corrected chi connectivity index (χ1v) is 4.82. The summed E-state index contributed by atoms with van der Waals surface area (Å²) >= 11 is 3.51. The van der Waals surface area contributed by atoms with E-state index in [4.69, 9.17) is 5.73 Å². The molecule has 1 heterocycles. The first-order valence-electron chi connectivity index (χ1n) is 4.02. The molecule has 1 unspecified atom stereocenters. The average Bonchev–Trinajstić information content (AvgIpc) is 2.07. The second kappa shape index (κ2) is 3.17. The lowest BCUT2D eigenvalue weighted by molar-refractivity contribution is 0.553. The zero-order valence-corrected chi connectivity index (χ0v) is 8.26. The Morgan fingerprint density at radius 1 is 1.50 bits per heavy atom. The van der Waals surface area contributed by atoms with Crippen LogP contribution in [0.4, 0.5) is 0 Å². The third-order valence-electron chi connectivity index (χ3n) is 2.22. The largest absolute Gasteiger partial charge is 0.323 e. The van der Waals surface area contributed by atoms with E-state index in [0.29, 0.717) is 0 Å². The highest BCUT2D eigenvalue weighted by Crippen LogP contribution is 2.26. The van der Waals surface area contributed by atoms with Gasteiger partial charge in [0.1, 0.15) is 0 Å². The molecule has 0 saturated carbocycles. The molecule has 0 bridgehead atoms. The van der Waals surface area contributed by atoms with Gasteiger partial charge in [-0.1, -0.05) is 28.1 Å². The number of nitrogens with one attached hydrogen (secondary N) is 1. The van der Waals surface area contributed by atoms with Crippen LogP contribution in [0.5, 0.6) is 0 Å². The fourth-order valence-corrected chi connectivity index (χ4v) is 2.09. The Balaban J connectivity index is 2.52. The number of hydrogen-bond donors (Lipinski definition) is 2. The normalized spacial score (nSPS) is 22.0. The highest BCUT2D eigenvalue weighted by Gasteiger charge is 2.17. The van der Waals surface area contributed by atoms with Crippen LogP contribution in [0, 0.1) is 0 Å². The smallest absolute Gasteiger partial charge is 0.0425 e. The standard InChI is InChI=1S/C9H11BrN2/c10-8-3-1-2-6-7(8)4-12-5-9(6)11/h1-3,9,12H,4-5,11H2. The first kappa shape index (κ1) is 8.23. The van der Waals surface area contributed by atoms with E-state index in [1.165, 1.54) is 11.1 Å². The lowest BCUT2D eigenvalue weighted by atomic mass is 9.98. The van der Waals surface area contributed by atoms with Gasteiger partial charge in [0.05, 0.1) is 0 Å². The van der Waals surface area contributed by atoms with Crippen LogP contribution < -0.4 is 11.1 Å². The molecule has 1 aliphatic rings. The molecule has 3 N–H and O–H groups in total. The van der Waals surface area contributed by atoms with Crippen molar-refractivity contribution in [3.8, 4) is 0 Å². The van der Waals surface area contributed by atoms with Crippen LogP contribution in [-0.2, 0) is 6.54 Å². The minimum Gasteiger partial charge on any atom is -0.323 e. The molecule has 0 amide bonds. The van der Waals surface area contributed by atoms with Gasteiger partial charge in [0.15, 0.2) is 0 Å². The van der Waals surface area contributed by atoms with Gasteiger partial charge < -0.3 is 11.1 Å². The molecule has 12 heavy (non-hydrogen) atoms. The van der Waals surface area contributed by atoms with Crippen molar-refractivity contribution in [2.24, 2.45) is 5.73 Å². The molecule has 0 aliphatic carbocycles. The molecule has 2 nitrogen and oxygen atoms in total. The van der Waals surface area contributed by atoms with E-state index < -0.39 is 0 Å². The maximum absolute atomic E-state index is 5.93. The summed E-state index contributed by atoms with van der Waals surface area (Å²) in [6.07, 6.45) is 0. The Labute approximate surface area is 80.3 Å². The SMILES string of the molecule is NC1CNCc2c(Br)cccc21. The Hall–Kier alpha value is -0.380. The summed E-state index contributed by atoms with van der Waals surface area (Å²) in [5.74, 6) is 0. The van der Waals surface area contributed by atoms with Crippen molar-refractivity contribution in [1.82, 2.24) is 5.32 Å². The molecule has 0 saturated heterocycles. The molecule has 3 heteroatoms. The van der Waals surface area contributed by atoms with E-state index in [9.17, 15) is 0 Å². The van der Waals surface area contributed by atoms with E-state index in [2.05, 4.69) is 33.4 Å². The van der Waals surface area contributed by atoms with Gasteiger partial charge in [0.2, 0.25) is 0 Å². The summed E-state index contributed by atoms with van der Waals surface area (Å²) in [4.78, 5) is 0. The minimum absolute atomic E-state index is 0.145. The van der Waals surface area contributed by atoms with Gasteiger partial charge in [-0.25, -0.2) is 0 Å². The van der Waals surface area contributed by atoms with Crippen molar-refractivity contribution in [2.75, 3.05) is 6.54 Å². The van der Waals surface area contributed by atoms with Gasteiger partial charge in [0, 0.05) is 23.6 Å². The molecule has 1 aromatic rings. The minimum atomic E-state index is 0.145. The topological polar surface area (TPSA) is 38.0 Å². The maximum atomic E-state index is 5.93. The summed E-state index contributed by atoms with van der Waals surface area (Å²) in [6.45, 7) is 1.80. The van der Waals surface area contributed by atoms with Crippen LogP contribution >= 0.6 is 15.9 Å². The molecule has 1 aliphatic heterocycles. The van der Waals surface area contributed by atoms with Gasteiger partial charge in [-0.2, -0.15) is 0 Å². The van der Waals surface area contributed by atoms with Crippen LogP contribution in [0.15, 0.2) is 22.7 Å². The van der Waals surface area contributed by atoms with Gasteiger partial charge in [-0.05, 0) is 17.2 Å². The Morgan fingerprint density at radius 3 is 3.08 bits per heavy atom. The molecule has 0 spiro atoms. The highest BCUT2D eigenvalue weighted by molar-refractivity contribution is 9.10. The number of hydrogen-bond acceptors (Lipinski definition) is 2. The van der Waals surface area contributed by atoms with Gasteiger partial charge >= 0.3 is 0 Å². The molecule has 0 aromatic heterocycles. The lowest BCUT2D eigenvalue weighted by Crippen LogP contribution is -2.32. The van der Waals surface area contributed by atoms with Crippen LogP contribution in [0.25, 0.3) is 0 Å². The zero-order chi connectivity index (χ0) is 8.55. The maximum Gasteiger partial charge on any atom is 0.0425 e. The van der Waals surface area contributed by atoms with E-state index in [1.54, 1.807) is 0 Å². The molecular weight excluding hydrogens is 216 g/mol. The second-order valence-corrected chi connectivity index (χ2v) is 3.90. The van der Waals surface area contributed by atoms with Gasteiger partial charge in [-0.3, -0.25) is 0 Å². The molecule has 64 valence electrons. The number of halogens is 1. The van der Waals surface area contributed by atoms with Crippen molar-refractivity contribution in [1.29, 1.82) is 0 Å². The summed E-state index contributed by atoms with van der Waals surface area (Å²) in [6, 6.07) is 6.34. The molecule has 0 fully saturated rings. The zero-order valence-electron chi connectivity index (χ0n) is 6.68. The number of rotatable bonds is 0. The predicted octanol–water partition coefficient (Wildman–Crippen LogP) is 1.55. The second-order valence-electron chi connectivity index (χ2n) is 3.05. The van der Waals surface area contributed by atoms with Crippen LogP contribution in [0.3, 0.4) is 0 Å². The van der Waals surface area contributed by atoms with Crippen molar-refractivity contribution >= 4 is 15.9 Å². The van der Waals surface area contributed by atoms with Gasteiger partial charge in [-0.15, -0.1) is 0 Å². The first-order chi connectivity index (χ1) is 5.79. The molecule has 2 rings (SSSR count). The van der Waals surface area contributed by atoms with Crippen molar-refractivity contribution in [2.45, 2.75) is 12.6 Å². The van der Waals surface area contributed by atoms with Crippen molar-refractivity contribution in [3.63, 3.8) is 0 Å². The summed E-state index contributed by atoms with van der Waals surface area (Å²) in [5, 5.41) is 3.28. The summed E-state index contributed by atoms with van der Waals surface area (Å²) in [5.41, 5.74) is 8.50. The fourth-order valence-electron chi connectivity index (χ4n) is 1.57. The number of fused-ring (bicyclic) bond motifs is 1. The van der Waals surface area contributed by atoms with Crippen LogP contribution in [0.2, 0.25) is 0 Å². The molecular formula is C9H11BrN2. The van der Waals surface area contributed by atoms with Crippen molar-refractivity contribution < 1.29 is 0 Å². The fraction of sp³-hybridized carbons (Fsp3) is 0.333. The highest BCUT2D eigenvalue weighted by atomic mass is 79.9. The van der Waals surface area contributed by atoms with E-state index in [0.717, 1.165) is 17.6 Å². The Morgan fingerprint density at radius 2 is 2.33 bits per heavy atom.